The third kappa shape index (κ3) is 5.04. The number of phenols is 3. The molecule has 4 aromatic rings. The SMILES string of the molecule is Cc1c(Cc2ccc(O)cc2)c(C)c(Cc2ccc(O)cc2)c(C)c1Cc1ccc(O)cc1. The van der Waals surface area contributed by atoms with E-state index in [0.29, 0.717) is 0 Å². The lowest BCUT2D eigenvalue weighted by Crippen LogP contribution is -2.09. The van der Waals surface area contributed by atoms with Gasteiger partial charge in [0.1, 0.15) is 17.2 Å². The monoisotopic (exact) mass is 438 g/mol. The number of hydrogen-bond donors (Lipinski definition) is 3. The zero-order valence-corrected chi connectivity index (χ0v) is 19.4. The molecule has 4 aromatic carbocycles. The van der Waals surface area contributed by atoms with Crippen LogP contribution in [-0.2, 0) is 19.3 Å². The lowest BCUT2D eigenvalue weighted by atomic mass is 9.82. The zero-order valence-electron chi connectivity index (χ0n) is 19.4. The summed E-state index contributed by atoms with van der Waals surface area (Å²) < 4.78 is 0. The Morgan fingerprint density at radius 2 is 0.606 bits per heavy atom. The van der Waals surface area contributed by atoms with E-state index in [1.807, 2.05) is 36.4 Å². The van der Waals surface area contributed by atoms with Gasteiger partial charge in [0.05, 0.1) is 0 Å². The van der Waals surface area contributed by atoms with Crippen molar-refractivity contribution in [2.45, 2.75) is 40.0 Å². The van der Waals surface area contributed by atoms with Crippen LogP contribution in [-0.4, -0.2) is 15.3 Å². The van der Waals surface area contributed by atoms with Gasteiger partial charge < -0.3 is 15.3 Å². The summed E-state index contributed by atoms with van der Waals surface area (Å²) >= 11 is 0. The van der Waals surface area contributed by atoms with Crippen LogP contribution in [0.1, 0.15) is 50.1 Å². The highest BCUT2D eigenvalue weighted by atomic mass is 16.3. The Morgan fingerprint density at radius 1 is 0.394 bits per heavy atom. The minimum absolute atomic E-state index is 0.275. The Kier molecular flexibility index (Phi) is 6.41. The van der Waals surface area contributed by atoms with Crippen LogP contribution in [0.4, 0.5) is 0 Å². The average molecular weight is 439 g/mol. The highest BCUT2D eigenvalue weighted by molar-refractivity contribution is 5.55. The Hall–Kier alpha value is -3.72. The van der Waals surface area contributed by atoms with Crippen molar-refractivity contribution in [3.05, 3.63) is 123 Å². The molecule has 3 N–H and O–H groups in total. The molecule has 0 atom stereocenters. The van der Waals surface area contributed by atoms with E-state index in [4.69, 9.17) is 0 Å². The quantitative estimate of drug-likeness (QED) is 0.322. The molecule has 33 heavy (non-hydrogen) atoms. The molecule has 0 radical (unpaired) electrons. The predicted octanol–water partition coefficient (Wildman–Crippen LogP) is 6.50. The molecule has 0 aliphatic rings. The van der Waals surface area contributed by atoms with E-state index in [1.165, 1.54) is 33.4 Å². The van der Waals surface area contributed by atoms with Crippen molar-refractivity contribution in [3.63, 3.8) is 0 Å². The first-order valence-electron chi connectivity index (χ1n) is 11.3. The fraction of sp³-hybridized carbons (Fsp3) is 0.200. The normalized spacial score (nSPS) is 11.0. The maximum atomic E-state index is 9.69. The van der Waals surface area contributed by atoms with Gasteiger partial charge in [0.25, 0.3) is 0 Å². The molecule has 0 amide bonds. The van der Waals surface area contributed by atoms with Crippen molar-refractivity contribution < 1.29 is 15.3 Å². The number of hydrogen-bond acceptors (Lipinski definition) is 3. The van der Waals surface area contributed by atoms with Crippen molar-refractivity contribution in [2.24, 2.45) is 0 Å². The van der Waals surface area contributed by atoms with E-state index in [2.05, 4.69) is 20.8 Å². The molecule has 4 rings (SSSR count). The van der Waals surface area contributed by atoms with Crippen LogP contribution >= 0.6 is 0 Å². The molecule has 0 fully saturated rings. The van der Waals surface area contributed by atoms with Crippen LogP contribution < -0.4 is 0 Å². The van der Waals surface area contributed by atoms with Crippen LogP contribution in [0.15, 0.2) is 72.8 Å². The summed E-state index contributed by atoms with van der Waals surface area (Å²) in [5, 5.41) is 29.1. The molecule has 0 aliphatic carbocycles. The van der Waals surface area contributed by atoms with Gasteiger partial charge in [-0.25, -0.2) is 0 Å². The number of aromatic hydroxyl groups is 3. The van der Waals surface area contributed by atoms with Crippen LogP contribution in [0, 0.1) is 20.8 Å². The van der Waals surface area contributed by atoms with Crippen LogP contribution in [0.2, 0.25) is 0 Å². The summed E-state index contributed by atoms with van der Waals surface area (Å²) in [5.41, 5.74) is 11.3. The molecule has 168 valence electrons. The molecule has 3 heteroatoms. The van der Waals surface area contributed by atoms with Gasteiger partial charge in [-0.3, -0.25) is 0 Å². The van der Waals surface area contributed by atoms with Crippen molar-refractivity contribution in [1.82, 2.24) is 0 Å². The molecular formula is C30H30O3. The largest absolute Gasteiger partial charge is 0.508 e. The summed E-state index contributed by atoms with van der Waals surface area (Å²) in [4.78, 5) is 0. The van der Waals surface area contributed by atoms with Gasteiger partial charge in [0.2, 0.25) is 0 Å². The maximum Gasteiger partial charge on any atom is 0.115 e. The van der Waals surface area contributed by atoms with E-state index >= 15 is 0 Å². The first-order chi connectivity index (χ1) is 15.8. The van der Waals surface area contributed by atoms with Crippen LogP contribution in [0.25, 0.3) is 0 Å². The minimum Gasteiger partial charge on any atom is -0.508 e. The van der Waals surface area contributed by atoms with E-state index < -0.39 is 0 Å². The lowest BCUT2D eigenvalue weighted by Gasteiger charge is -2.23. The maximum absolute atomic E-state index is 9.69. The second-order valence-corrected chi connectivity index (χ2v) is 8.84. The first-order valence-corrected chi connectivity index (χ1v) is 11.3. The first kappa shape index (κ1) is 22.5. The van der Waals surface area contributed by atoms with Gasteiger partial charge in [0.15, 0.2) is 0 Å². The third-order valence-electron chi connectivity index (χ3n) is 6.67. The molecular weight excluding hydrogens is 408 g/mol. The standard InChI is InChI=1S/C30H30O3/c1-19-28(16-22-4-10-25(31)11-5-22)20(2)30(18-24-8-14-27(33)15-9-24)21(3)29(19)17-23-6-12-26(32)13-7-23/h4-15,31-33H,16-18H2,1-3H3. The predicted molar refractivity (Wildman–Crippen MR) is 133 cm³/mol. The van der Waals surface area contributed by atoms with Crippen molar-refractivity contribution >= 4 is 0 Å². The van der Waals surface area contributed by atoms with Gasteiger partial charge in [-0.1, -0.05) is 36.4 Å². The van der Waals surface area contributed by atoms with Gasteiger partial charge in [-0.05, 0) is 127 Å². The second-order valence-electron chi connectivity index (χ2n) is 8.84. The highest BCUT2D eigenvalue weighted by Crippen LogP contribution is 2.33. The molecule has 0 saturated carbocycles. The number of benzene rings is 4. The molecule has 0 unspecified atom stereocenters. The van der Waals surface area contributed by atoms with Gasteiger partial charge in [-0.15, -0.1) is 0 Å². The van der Waals surface area contributed by atoms with Gasteiger partial charge >= 0.3 is 0 Å². The molecule has 0 spiro atoms. The van der Waals surface area contributed by atoms with Crippen molar-refractivity contribution in [3.8, 4) is 17.2 Å². The fourth-order valence-electron chi connectivity index (χ4n) is 4.64. The molecule has 0 bridgehead atoms. The zero-order chi connectivity index (χ0) is 23.5. The fourth-order valence-corrected chi connectivity index (χ4v) is 4.64. The Balaban J connectivity index is 1.82. The lowest BCUT2D eigenvalue weighted by molar-refractivity contribution is 0.474. The summed E-state index contributed by atoms with van der Waals surface area (Å²) in [7, 11) is 0. The Bertz CT molecular complexity index is 1070. The van der Waals surface area contributed by atoms with Crippen molar-refractivity contribution in [2.75, 3.05) is 0 Å². The third-order valence-corrected chi connectivity index (χ3v) is 6.67. The van der Waals surface area contributed by atoms with E-state index in [1.54, 1.807) is 36.4 Å². The van der Waals surface area contributed by atoms with Crippen molar-refractivity contribution in [1.29, 1.82) is 0 Å². The second kappa shape index (κ2) is 9.41. The Morgan fingerprint density at radius 3 is 0.818 bits per heavy atom. The van der Waals surface area contributed by atoms with E-state index in [0.717, 1.165) is 36.0 Å². The smallest absolute Gasteiger partial charge is 0.115 e. The highest BCUT2D eigenvalue weighted by Gasteiger charge is 2.18. The topological polar surface area (TPSA) is 60.7 Å². The van der Waals surface area contributed by atoms with E-state index in [9.17, 15) is 15.3 Å². The number of rotatable bonds is 6. The van der Waals surface area contributed by atoms with Crippen LogP contribution in [0.5, 0.6) is 17.2 Å². The summed E-state index contributed by atoms with van der Waals surface area (Å²) in [6, 6.07) is 22.3. The minimum atomic E-state index is 0.275. The molecule has 3 nitrogen and oxygen atoms in total. The molecule has 0 aromatic heterocycles. The van der Waals surface area contributed by atoms with Gasteiger partial charge in [0, 0.05) is 0 Å². The Labute approximate surface area is 195 Å². The van der Waals surface area contributed by atoms with Crippen LogP contribution in [0.3, 0.4) is 0 Å². The summed E-state index contributed by atoms with van der Waals surface area (Å²) in [6.45, 7) is 6.61. The molecule has 0 heterocycles. The molecule has 0 aliphatic heterocycles. The average Bonchev–Trinajstić information content (AvgIpc) is 2.81. The molecule has 0 saturated heterocycles. The number of phenolic OH excluding ortho intramolecular Hbond substituents is 3. The van der Waals surface area contributed by atoms with E-state index in [-0.39, 0.29) is 17.2 Å². The summed E-state index contributed by atoms with van der Waals surface area (Å²) in [6.07, 6.45) is 2.39. The van der Waals surface area contributed by atoms with Gasteiger partial charge in [-0.2, -0.15) is 0 Å². The summed E-state index contributed by atoms with van der Waals surface area (Å²) in [5.74, 6) is 0.825.